The lowest BCUT2D eigenvalue weighted by Gasteiger charge is -2.37. The van der Waals surface area contributed by atoms with Gasteiger partial charge in [0.1, 0.15) is 0 Å². The monoisotopic (exact) mass is 316 g/mol. The molecule has 2 saturated carbocycles. The molecule has 2 fully saturated rings. The molecule has 8 N–H and O–H groups in total. The molecule has 2 aliphatic rings. The van der Waals surface area contributed by atoms with Gasteiger partial charge < -0.3 is 22.9 Å². The Morgan fingerprint density at radius 2 is 1.30 bits per heavy atom. The van der Waals surface area contributed by atoms with E-state index in [2.05, 4.69) is 0 Å². The highest BCUT2D eigenvalue weighted by atomic mass is 14.7. The van der Waals surface area contributed by atoms with Crippen molar-refractivity contribution in [1.82, 2.24) is 0 Å². The Morgan fingerprint density at radius 3 is 1.87 bits per heavy atom. The van der Waals surface area contributed by atoms with E-state index in [0.717, 1.165) is 23.1 Å². The topological polar surface area (TPSA) is 104 Å². The molecule has 3 rings (SSSR count). The molecule has 0 atom stereocenters. The summed E-state index contributed by atoms with van der Waals surface area (Å²) in [7, 11) is 0. The molecule has 128 valence electrons. The van der Waals surface area contributed by atoms with Gasteiger partial charge in [-0.25, -0.2) is 0 Å². The van der Waals surface area contributed by atoms with Crippen molar-refractivity contribution in [2.45, 2.75) is 70.3 Å². The molecule has 4 nitrogen and oxygen atoms in total. The molecule has 0 radical (unpaired) electrons. The summed E-state index contributed by atoms with van der Waals surface area (Å²) in [6.07, 6.45) is 10.1. The van der Waals surface area contributed by atoms with Crippen molar-refractivity contribution in [2.24, 2.45) is 17.6 Å². The molecule has 0 saturated heterocycles. The summed E-state index contributed by atoms with van der Waals surface area (Å²) < 4.78 is 0. The van der Waals surface area contributed by atoms with Gasteiger partial charge in [-0.3, -0.25) is 0 Å². The van der Waals surface area contributed by atoms with E-state index in [1.165, 1.54) is 56.9 Å². The Morgan fingerprint density at radius 1 is 0.783 bits per heavy atom. The highest BCUT2D eigenvalue weighted by molar-refractivity contribution is 5.77. The van der Waals surface area contributed by atoms with Gasteiger partial charge in [-0.2, -0.15) is 0 Å². The quantitative estimate of drug-likeness (QED) is 0.626. The fourth-order valence-electron chi connectivity index (χ4n) is 4.76. The van der Waals surface area contributed by atoms with Gasteiger partial charge in [-0.05, 0) is 93.2 Å². The molecular formula is C19H32N4. The van der Waals surface area contributed by atoms with E-state index in [-0.39, 0.29) is 0 Å². The molecule has 0 aromatic heterocycles. The highest BCUT2D eigenvalue weighted by Gasteiger charge is 2.31. The van der Waals surface area contributed by atoms with Crippen LogP contribution in [-0.2, 0) is 0 Å². The third-order valence-corrected chi connectivity index (χ3v) is 6.44. The summed E-state index contributed by atoms with van der Waals surface area (Å²) in [6.45, 7) is 1.97. The summed E-state index contributed by atoms with van der Waals surface area (Å²) in [5.74, 6) is 2.32. The third kappa shape index (κ3) is 3.27. The SMILES string of the molecule is Cc1c(N)c(N)cc(C2CCC(C3CCC(N)CC3)CC2)c1N. The Hall–Kier alpha value is -1.42. The molecule has 0 aliphatic heterocycles. The number of hydrogen-bond donors (Lipinski definition) is 4. The van der Waals surface area contributed by atoms with E-state index < -0.39 is 0 Å². The van der Waals surface area contributed by atoms with E-state index in [0.29, 0.717) is 23.3 Å². The van der Waals surface area contributed by atoms with Crippen LogP contribution in [0.3, 0.4) is 0 Å². The second-order valence-electron chi connectivity index (χ2n) is 7.79. The van der Waals surface area contributed by atoms with Crippen molar-refractivity contribution in [3.05, 3.63) is 17.2 Å². The second-order valence-corrected chi connectivity index (χ2v) is 7.79. The number of nitrogens with two attached hydrogens (primary N) is 4. The molecule has 0 bridgehead atoms. The zero-order chi connectivity index (χ0) is 16.6. The van der Waals surface area contributed by atoms with Crippen LogP contribution in [0.4, 0.5) is 17.1 Å². The van der Waals surface area contributed by atoms with Crippen LogP contribution < -0.4 is 22.9 Å². The van der Waals surface area contributed by atoms with Crippen LogP contribution in [0.2, 0.25) is 0 Å². The molecule has 0 unspecified atom stereocenters. The second kappa shape index (κ2) is 6.60. The minimum atomic E-state index is 0.447. The lowest BCUT2D eigenvalue weighted by atomic mass is 9.69. The molecule has 1 aromatic carbocycles. The maximum absolute atomic E-state index is 6.33. The first kappa shape index (κ1) is 16.4. The number of hydrogen-bond acceptors (Lipinski definition) is 4. The highest BCUT2D eigenvalue weighted by Crippen LogP contribution is 2.45. The lowest BCUT2D eigenvalue weighted by Crippen LogP contribution is -2.31. The van der Waals surface area contributed by atoms with Crippen LogP contribution >= 0.6 is 0 Å². The maximum atomic E-state index is 6.33. The molecule has 2 aliphatic carbocycles. The summed E-state index contributed by atoms with van der Waals surface area (Å²) >= 11 is 0. The molecule has 0 spiro atoms. The summed E-state index contributed by atoms with van der Waals surface area (Å²) in [4.78, 5) is 0. The zero-order valence-electron chi connectivity index (χ0n) is 14.4. The van der Waals surface area contributed by atoms with E-state index >= 15 is 0 Å². The van der Waals surface area contributed by atoms with Gasteiger partial charge >= 0.3 is 0 Å². The van der Waals surface area contributed by atoms with Crippen LogP contribution in [0.25, 0.3) is 0 Å². The standard InChI is InChI=1S/C19H32N4/c1-11-18(22)16(10-17(21)19(11)23)14-4-2-12(3-5-14)13-6-8-15(20)9-7-13/h10,12-15H,2-9,20-23H2,1H3. The van der Waals surface area contributed by atoms with Crippen molar-refractivity contribution < 1.29 is 0 Å². The molecule has 4 heteroatoms. The molecule has 0 amide bonds. The Bertz CT molecular complexity index is 553. The van der Waals surface area contributed by atoms with Crippen molar-refractivity contribution in [1.29, 1.82) is 0 Å². The van der Waals surface area contributed by atoms with Crippen LogP contribution in [0.15, 0.2) is 6.07 Å². The van der Waals surface area contributed by atoms with E-state index in [1.54, 1.807) is 0 Å². The third-order valence-electron chi connectivity index (χ3n) is 6.44. The van der Waals surface area contributed by atoms with Gasteiger partial charge in [0.2, 0.25) is 0 Å². The smallest absolute Gasteiger partial charge is 0.0598 e. The van der Waals surface area contributed by atoms with Gasteiger partial charge in [-0.15, -0.1) is 0 Å². The van der Waals surface area contributed by atoms with Gasteiger partial charge in [0.15, 0.2) is 0 Å². The Balaban J connectivity index is 1.65. The minimum Gasteiger partial charge on any atom is -0.398 e. The van der Waals surface area contributed by atoms with Gasteiger partial charge in [0.25, 0.3) is 0 Å². The fourth-order valence-corrected chi connectivity index (χ4v) is 4.76. The van der Waals surface area contributed by atoms with Gasteiger partial charge in [-0.1, -0.05) is 0 Å². The zero-order valence-corrected chi connectivity index (χ0v) is 14.4. The van der Waals surface area contributed by atoms with E-state index in [9.17, 15) is 0 Å². The van der Waals surface area contributed by atoms with Crippen molar-refractivity contribution in [3.8, 4) is 0 Å². The first-order valence-electron chi connectivity index (χ1n) is 9.16. The predicted molar refractivity (Wildman–Crippen MR) is 99.0 cm³/mol. The molecule has 23 heavy (non-hydrogen) atoms. The number of nitrogen functional groups attached to an aromatic ring is 3. The van der Waals surface area contributed by atoms with Crippen molar-refractivity contribution >= 4 is 17.1 Å². The van der Waals surface area contributed by atoms with Gasteiger partial charge in [0.05, 0.1) is 11.4 Å². The fraction of sp³-hybridized carbons (Fsp3) is 0.684. The van der Waals surface area contributed by atoms with E-state index in [1.807, 2.05) is 13.0 Å². The van der Waals surface area contributed by atoms with Crippen LogP contribution in [0, 0.1) is 18.8 Å². The van der Waals surface area contributed by atoms with Crippen molar-refractivity contribution in [3.63, 3.8) is 0 Å². The summed E-state index contributed by atoms with van der Waals surface area (Å²) in [5, 5.41) is 0. The summed E-state index contributed by atoms with van der Waals surface area (Å²) in [5.41, 5.74) is 28.8. The van der Waals surface area contributed by atoms with E-state index in [4.69, 9.17) is 22.9 Å². The molecule has 1 aromatic rings. The Kier molecular flexibility index (Phi) is 4.72. The molecular weight excluding hydrogens is 284 g/mol. The van der Waals surface area contributed by atoms with Crippen LogP contribution in [-0.4, -0.2) is 6.04 Å². The number of anilines is 3. The normalized spacial score (nSPS) is 31.9. The number of rotatable bonds is 2. The largest absolute Gasteiger partial charge is 0.398 e. The van der Waals surface area contributed by atoms with Crippen LogP contribution in [0.5, 0.6) is 0 Å². The average Bonchev–Trinajstić information content (AvgIpc) is 2.57. The average molecular weight is 316 g/mol. The number of benzene rings is 1. The first-order chi connectivity index (χ1) is 11.0. The lowest BCUT2D eigenvalue weighted by molar-refractivity contribution is 0.178. The summed E-state index contributed by atoms with van der Waals surface area (Å²) in [6, 6.07) is 2.46. The Labute approximate surface area is 140 Å². The minimum absolute atomic E-state index is 0.447. The predicted octanol–water partition coefficient (Wildman–Crippen LogP) is 3.53. The van der Waals surface area contributed by atoms with Crippen molar-refractivity contribution in [2.75, 3.05) is 17.2 Å². The first-order valence-corrected chi connectivity index (χ1v) is 9.16. The molecule has 0 heterocycles. The maximum Gasteiger partial charge on any atom is 0.0598 e. The van der Waals surface area contributed by atoms with Gasteiger partial charge in [0, 0.05) is 11.7 Å². The van der Waals surface area contributed by atoms with Crippen LogP contribution in [0.1, 0.15) is 68.4 Å².